The zero-order chi connectivity index (χ0) is 12.3. The van der Waals surface area contributed by atoms with Gasteiger partial charge in [-0.3, -0.25) is 0 Å². The first-order chi connectivity index (χ1) is 8.22. The maximum absolute atomic E-state index is 6.11. The molecule has 1 atom stereocenters. The van der Waals surface area contributed by atoms with Gasteiger partial charge in [0.15, 0.2) is 0 Å². The normalized spacial score (nSPS) is 12.4. The highest BCUT2D eigenvalue weighted by atomic mass is 35.5. The molecule has 88 valence electrons. The number of rotatable bonds is 3. The van der Waals surface area contributed by atoms with Gasteiger partial charge in [0.2, 0.25) is 0 Å². The number of nitrogens with zero attached hydrogens (tertiary/aromatic N) is 2. The van der Waals surface area contributed by atoms with Gasteiger partial charge < -0.3 is 5.73 Å². The lowest BCUT2D eigenvalue weighted by atomic mass is 10.1. The molecule has 0 radical (unpaired) electrons. The van der Waals surface area contributed by atoms with Crippen molar-refractivity contribution < 1.29 is 0 Å². The van der Waals surface area contributed by atoms with E-state index in [9.17, 15) is 0 Å². The Kier molecular flexibility index (Phi) is 3.71. The zero-order valence-corrected chi connectivity index (χ0v) is 10.4. The van der Waals surface area contributed by atoms with Crippen molar-refractivity contribution in [3.63, 3.8) is 0 Å². The standard InChI is InChI=1S/C13H14ClN3/c1-2-12(15)13-16-7-9(8-17-13)10-5-3-4-6-11(10)14/h3-8,12H,2,15H2,1H3. The van der Waals surface area contributed by atoms with Gasteiger partial charge in [-0.05, 0) is 12.5 Å². The molecule has 2 aromatic rings. The van der Waals surface area contributed by atoms with Crippen molar-refractivity contribution in [2.24, 2.45) is 5.73 Å². The van der Waals surface area contributed by atoms with Crippen LogP contribution in [0.4, 0.5) is 0 Å². The topological polar surface area (TPSA) is 51.8 Å². The highest BCUT2D eigenvalue weighted by molar-refractivity contribution is 6.33. The molecule has 1 aromatic carbocycles. The predicted octanol–water partition coefficient (Wildman–Crippen LogP) is 3.21. The average Bonchev–Trinajstić information content (AvgIpc) is 2.39. The van der Waals surface area contributed by atoms with Gasteiger partial charge in [0.05, 0.1) is 6.04 Å². The summed E-state index contributed by atoms with van der Waals surface area (Å²) in [4.78, 5) is 8.54. The van der Waals surface area contributed by atoms with E-state index in [1.807, 2.05) is 31.2 Å². The lowest BCUT2D eigenvalue weighted by Gasteiger charge is -2.08. The smallest absolute Gasteiger partial charge is 0.144 e. The molecular formula is C13H14ClN3. The average molecular weight is 248 g/mol. The molecule has 0 spiro atoms. The van der Waals surface area contributed by atoms with E-state index < -0.39 is 0 Å². The molecule has 0 fully saturated rings. The van der Waals surface area contributed by atoms with Crippen molar-refractivity contribution in [2.75, 3.05) is 0 Å². The molecule has 4 heteroatoms. The molecule has 2 rings (SSSR count). The SMILES string of the molecule is CCC(N)c1ncc(-c2ccccc2Cl)cn1. The summed E-state index contributed by atoms with van der Waals surface area (Å²) in [6.07, 6.45) is 4.35. The Morgan fingerprint density at radius 1 is 1.24 bits per heavy atom. The highest BCUT2D eigenvalue weighted by Gasteiger charge is 2.08. The van der Waals surface area contributed by atoms with E-state index in [1.165, 1.54) is 0 Å². The minimum Gasteiger partial charge on any atom is -0.321 e. The van der Waals surface area contributed by atoms with E-state index in [0.29, 0.717) is 10.8 Å². The van der Waals surface area contributed by atoms with Gasteiger partial charge in [-0.15, -0.1) is 0 Å². The first-order valence-corrected chi connectivity index (χ1v) is 5.92. The molecule has 0 bridgehead atoms. The summed E-state index contributed by atoms with van der Waals surface area (Å²) in [7, 11) is 0. The van der Waals surface area contributed by atoms with E-state index in [1.54, 1.807) is 12.4 Å². The summed E-state index contributed by atoms with van der Waals surface area (Å²) in [5, 5.41) is 0.698. The summed E-state index contributed by atoms with van der Waals surface area (Å²) >= 11 is 6.11. The summed E-state index contributed by atoms with van der Waals surface area (Å²) in [6, 6.07) is 7.53. The van der Waals surface area contributed by atoms with Crippen LogP contribution >= 0.6 is 11.6 Å². The monoisotopic (exact) mass is 247 g/mol. The van der Waals surface area contributed by atoms with Crippen molar-refractivity contribution in [1.82, 2.24) is 9.97 Å². The summed E-state index contributed by atoms with van der Waals surface area (Å²) < 4.78 is 0. The highest BCUT2D eigenvalue weighted by Crippen LogP contribution is 2.26. The molecule has 0 saturated carbocycles. The first-order valence-electron chi connectivity index (χ1n) is 5.54. The lowest BCUT2D eigenvalue weighted by molar-refractivity contribution is 0.649. The van der Waals surface area contributed by atoms with E-state index >= 15 is 0 Å². The van der Waals surface area contributed by atoms with Gasteiger partial charge in [0, 0.05) is 28.5 Å². The number of hydrogen-bond donors (Lipinski definition) is 1. The van der Waals surface area contributed by atoms with Crippen LogP contribution in [-0.4, -0.2) is 9.97 Å². The zero-order valence-electron chi connectivity index (χ0n) is 9.60. The van der Waals surface area contributed by atoms with Crippen LogP contribution in [0.1, 0.15) is 25.2 Å². The number of nitrogens with two attached hydrogens (primary N) is 1. The van der Waals surface area contributed by atoms with E-state index in [-0.39, 0.29) is 6.04 Å². The molecule has 3 nitrogen and oxygen atoms in total. The molecule has 0 amide bonds. The van der Waals surface area contributed by atoms with Crippen LogP contribution < -0.4 is 5.73 Å². The summed E-state index contributed by atoms with van der Waals surface area (Å²) in [5.74, 6) is 0.670. The third kappa shape index (κ3) is 2.62. The largest absolute Gasteiger partial charge is 0.321 e. The van der Waals surface area contributed by atoms with Gasteiger partial charge >= 0.3 is 0 Å². The minimum atomic E-state index is -0.102. The molecule has 0 aliphatic heterocycles. The molecule has 17 heavy (non-hydrogen) atoms. The second-order valence-electron chi connectivity index (χ2n) is 3.82. The van der Waals surface area contributed by atoms with Gasteiger partial charge in [0.1, 0.15) is 5.82 Å². The van der Waals surface area contributed by atoms with E-state index in [4.69, 9.17) is 17.3 Å². The number of benzene rings is 1. The van der Waals surface area contributed by atoms with Crippen molar-refractivity contribution in [3.8, 4) is 11.1 Å². The predicted molar refractivity (Wildman–Crippen MR) is 69.7 cm³/mol. The second kappa shape index (κ2) is 5.25. The summed E-state index contributed by atoms with van der Waals surface area (Å²) in [6.45, 7) is 2.01. The molecule has 2 N–H and O–H groups in total. The fraction of sp³-hybridized carbons (Fsp3) is 0.231. The Bertz CT molecular complexity index is 496. The summed E-state index contributed by atoms with van der Waals surface area (Å²) in [5.41, 5.74) is 7.70. The molecule has 1 aromatic heterocycles. The number of hydrogen-bond acceptors (Lipinski definition) is 3. The third-order valence-corrected chi connectivity index (χ3v) is 2.96. The van der Waals surface area contributed by atoms with Crippen LogP contribution in [0.15, 0.2) is 36.7 Å². The first kappa shape index (κ1) is 12.0. The number of aromatic nitrogens is 2. The third-order valence-electron chi connectivity index (χ3n) is 2.63. The van der Waals surface area contributed by atoms with E-state index in [2.05, 4.69) is 9.97 Å². The maximum atomic E-state index is 6.11. The van der Waals surface area contributed by atoms with Gasteiger partial charge in [-0.2, -0.15) is 0 Å². The van der Waals surface area contributed by atoms with Crippen LogP contribution in [0, 0.1) is 0 Å². The second-order valence-corrected chi connectivity index (χ2v) is 4.23. The Morgan fingerprint density at radius 3 is 2.47 bits per heavy atom. The molecule has 0 saturated heterocycles. The van der Waals surface area contributed by atoms with E-state index in [0.717, 1.165) is 17.5 Å². The quantitative estimate of drug-likeness (QED) is 0.906. The van der Waals surface area contributed by atoms with Gasteiger partial charge in [-0.25, -0.2) is 9.97 Å². The van der Waals surface area contributed by atoms with Crippen LogP contribution in [0.2, 0.25) is 5.02 Å². The Labute approximate surface area is 106 Å². The molecule has 1 unspecified atom stereocenters. The van der Waals surface area contributed by atoms with Crippen LogP contribution in [0.3, 0.4) is 0 Å². The van der Waals surface area contributed by atoms with Crippen LogP contribution in [0.5, 0.6) is 0 Å². The fourth-order valence-electron chi connectivity index (χ4n) is 1.55. The van der Waals surface area contributed by atoms with Crippen molar-refractivity contribution in [2.45, 2.75) is 19.4 Å². The Hall–Kier alpha value is -1.45. The number of halogens is 1. The lowest BCUT2D eigenvalue weighted by Crippen LogP contribution is -2.12. The van der Waals surface area contributed by atoms with Gasteiger partial charge in [0.25, 0.3) is 0 Å². The molecule has 0 aliphatic rings. The van der Waals surface area contributed by atoms with Crippen molar-refractivity contribution >= 4 is 11.6 Å². The maximum Gasteiger partial charge on any atom is 0.144 e. The van der Waals surface area contributed by atoms with Crippen LogP contribution in [0.25, 0.3) is 11.1 Å². The Morgan fingerprint density at radius 2 is 1.88 bits per heavy atom. The molecule has 0 aliphatic carbocycles. The minimum absolute atomic E-state index is 0.102. The van der Waals surface area contributed by atoms with Gasteiger partial charge in [-0.1, -0.05) is 36.7 Å². The molecular weight excluding hydrogens is 234 g/mol. The molecule has 1 heterocycles. The van der Waals surface area contributed by atoms with Crippen molar-refractivity contribution in [1.29, 1.82) is 0 Å². The van der Waals surface area contributed by atoms with Crippen LogP contribution in [-0.2, 0) is 0 Å². The fourth-order valence-corrected chi connectivity index (χ4v) is 1.79. The Balaban J connectivity index is 2.33. The van der Waals surface area contributed by atoms with Crippen molar-refractivity contribution in [3.05, 3.63) is 47.5 Å².